The van der Waals surface area contributed by atoms with Gasteiger partial charge in [0, 0.05) is 43.8 Å². The zero-order valence-corrected chi connectivity index (χ0v) is 17.6. The number of carbonyl (C=O) groups is 1. The second-order valence-corrected chi connectivity index (χ2v) is 7.69. The van der Waals surface area contributed by atoms with E-state index in [2.05, 4.69) is 5.32 Å². The predicted molar refractivity (Wildman–Crippen MR) is 110 cm³/mol. The summed E-state index contributed by atoms with van der Waals surface area (Å²) in [5, 5.41) is 13.8. The molecule has 1 aliphatic heterocycles. The van der Waals surface area contributed by atoms with Crippen molar-refractivity contribution in [2.24, 2.45) is 11.7 Å². The fourth-order valence-electron chi connectivity index (χ4n) is 4.57. The fourth-order valence-corrected chi connectivity index (χ4v) is 4.57. The number of methoxy groups -OCH3 is 1. The van der Waals surface area contributed by atoms with Gasteiger partial charge in [-0.2, -0.15) is 0 Å². The summed E-state index contributed by atoms with van der Waals surface area (Å²) < 4.78 is 30.2. The monoisotopic (exact) mass is 425 g/mol. The van der Waals surface area contributed by atoms with Gasteiger partial charge in [0.15, 0.2) is 29.3 Å². The van der Waals surface area contributed by atoms with E-state index in [4.69, 9.17) is 19.9 Å². The molecule has 0 bridgehead atoms. The lowest BCUT2D eigenvalue weighted by atomic mass is 9.72. The van der Waals surface area contributed by atoms with Crippen molar-refractivity contribution in [2.75, 3.05) is 45.3 Å². The van der Waals surface area contributed by atoms with Crippen LogP contribution in [0, 0.1) is 11.7 Å². The van der Waals surface area contributed by atoms with E-state index in [1.807, 2.05) is 4.90 Å². The third-order valence-corrected chi connectivity index (χ3v) is 6.01. The van der Waals surface area contributed by atoms with Crippen LogP contribution in [0.25, 0.3) is 0 Å². The first-order valence-electron chi connectivity index (χ1n) is 10.5. The summed E-state index contributed by atoms with van der Waals surface area (Å²) in [6.45, 7) is 4.07. The number of Topliss-reactive ketones (excluding diaryl/α,β-unsaturated/α-hetero) is 1. The molecule has 3 rings (SSSR count). The number of aliphatic hydroxyl groups excluding tert-OH is 1. The number of rotatable bonds is 8. The van der Waals surface area contributed by atoms with Gasteiger partial charge in [-0.25, -0.2) is 4.39 Å². The van der Waals surface area contributed by atoms with Crippen LogP contribution >= 0.6 is 0 Å². The van der Waals surface area contributed by atoms with Crippen molar-refractivity contribution in [1.29, 1.82) is 0 Å². The number of hydrogen-bond acceptors (Lipinski definition) is 8. The van der Waals surface area contributed by atoms with E-state index in [1.165, 1.54) is 19.2 Å². The van der Waals surface area contributed by atoms with Gasteiger partial charge in [0.05, 0.1) is 26.4 Å². The third-order valence-electron chi connectivity index (χ3n) is 6.01. The van der Waals surface area contributed by atoms with Crippen LogP contribution in [-0.2, 0) is 14.3 Å². The number of nitrogens with two attached hydrogens (primary N) is 1. The van der Waals surface area contributed by atoms with Gasteiger partial charge in [-0.1, -0.05) is 0 Å². The van der Waals surface area contributed by atoms with Crippen LogP contribution in [0.4, 0.5) is 10.1 Å². The molecule has 0 spiro atoms. The number of benzene rings is 1. The fraction of sp³-hybridized carbons (Fsp3) is 0.667. The lowest BCUT2D eigenvalue weighted by Crippen LogP contribution is -2.71. The van der Waals surface area contributed by atoms with Gasteiger partial charge in [0.2, 0.25) is 0 Å². The second kappa shape index (κ2) is 10.0. The molecular weight excluding hydrogens is 393 g/mol. The maximum absolute atomic E-state index is 14.4. The molecule has 1 aromatic carbocycles. The molecule has 8 nitrogen and oxygen atoms in total. The molecule has 0 amide bonds. The van der Waals surface area contributed by atoms with Crippen LogP contribution in [0.2, 0.25) is 0 Å². The van der Waals surface area contributed by atoms with Crippen LogP contribution in [0.1, 0.15) is 26.2 Å². The Labute approximate surface area is 176 Å². The van der Waals surface area contributed by atoms with Crippen molar-refractivity contribution in [2.45, 2.75) is 44.2 Å². The number of nitrogens with one attached hydrogen (secondary N) is 1. The number of anilines is 1. The minimum Gasteiger partial charge on any atom is -0.494 e. The molecule has 4 unspecified atom stereocenters. The maximum Gasteiger partial charge on any atom is 0.173 e. The number of nitrogens with zero attached hydrogens (tertiary/aromatic N) is 1. The summed E-state index contributed by atoms with van der Waals surface area (Å²) in [5.41, 5.74) is 5.68. The Morgan fingerprint density at radius 2 is 2.17 bits per heavy atom. The molecular formula is C21H32FN3O5. The lowest BCUT2D eigenvalue weighted by molar-refractivity contribution is -0.156. The molecule has 2 aliphatic rings. The van der Waals surface area contributed by atoms with Gasteiger partial charge in [-0.05, 0) is 31.9 Å². The van der Waals surface area contributed by atoms with E-state index in [-0.39, 0.29) is 11.5 Å². The van der Waals surface area contributed by atoms with Gasteiger partial charge in [0.1, 0.15) is 0 Å². The zero-order valence-electron chi connectivity index (χ0n) is 17.6. The molecule has 0 aromatic heterocycles. The molecule has 4 atom stereocenters. The Bertz CT molecular complexity index is 731. The number of ketones is 1. The highest BCUT2D eigenvalue weighted by molar-refractivity contribution is 5.92. The number of morpholine rings is 1. The van der Waals surface area contributed by atoms with E-state index in [1.54, 1.807) is 13.0 Å². The lowest BCUT2D eigenvalue weighted by Gasteiger charge is -2.53. The number of ether oxygens (including phenoxy) is 3. The molecule has 1 aromatic rings. The maximum atomic E-state index is 14.4. The number of halogens is 1. The Morgan fingerprint density at radius 1 is 1.43 bits per heavy atom. The van der Waals surface area contributed by atoms with E-state index in [0.717, 1.165) is 0 Å². The van der Waals surface area contributed by atoms with Crippen LogP contribution in [0.5, 0.6) is 5.75 Å². The van der Waals surface area contributed by atoms with Crippen molar-refractivity contribution in [1.82, 2.24) is 4.90 Å². The van der Waals surface area contributed by atoms with Gasteiger partial charge in [-0.3, -0.25) is 9.69 Å². The highest BCUT2D eigenvalue weighted by Gasteiger charge is 2.55. The first kappa shape index (κ1) is 22.9. The average Bonchev–Trinajstić information content (AvgIpc) is 2.75. The Balaban J connectivity index is 2.03. The summed E-state index contributed by atoms with van der Waals surface area (Å²) in [6, 6.07) is 3.70. The van der Waals surface area contributed by atoms with Crippen molar-refractivity contribution in [3.8, 4) is 5.75 Å². The van der Waals surface area contributed by atoms with Crippen molar-refractivity contribution < 1.29 is 28.5 Å². The molecule has 1 saturated heterocycles. The van der Waals surface area contributed by atoms with E-state index in [0.29, 0.717) is 57.9 Å². The largest absolute Gasteiger partial charge is 0.494 e. The molecule has 1 aliphatic carbocycles. The molecule has 2 fully saturated rings. The minimum atomic E-state index is -1.21. The number of hydrogen-bond donors (Lipinski definition) is 3. The first-order chi connectivity index (χ1) is 14.4. The molecule has 9 heteroatoms. The summed E-state index contributed by atoms with van der Waals surface area (Å²) in [6.07, 6.45) is 0.457. The molecule has 4 N–H and O–H groups in total. The molecule has 168 valence electrons. The SMILES string of the molecule is CCOC(O)C(N)C1CCCC(=O)C1(Nc1ccc(OC)c(F)c1)N1CCOCC1. The molecule has 1 heterocycles. The summed E-state index contributed by atoms with van der Waals surface area (Å²) in [4.78, 5) is 15.5. The van der Waals surface area contributed by atoms with E-state index >= 15 is 0 Å². The van der Waals surface area contributed by atoms with Crippen LogP contribution < -0.4 is 15.8 Å². The highest BCUT2D eigenvalue weighted by Crippen LogP contribution is 2.40. The Hall–Kier alpha value is -1.78. The highest BCUT2D eigenvalue weighted by atomic mass is 19.1. The van der Waals surface area contributed by atoms with Crippen molar-refractivity contribution in [3.63, 3.8) is 0 Å². The normalized spacial score (nSPS) is 27.5. The van der Waals surface area contributed by atoms with Gasteiger partial charge >= 0.3 is 0 Å². The van der Waals surface area contributed by atoms with Gasteiger partial charge in [0.25, 0.3) is 0 Å². The first-order valence-corrected chi connectivity index (χ1v) is 10.5. The summed E-state index contributed by atoms with van der Waals surface area (Å²) >= 11 is 0. The number of aliphatic hydroxyl groups is 1. The van der Waals surface area contributed by atoms with Crippen molar-refractivity contribution in [3.05, 3.63) is 24.0 Å². The molecule has 30 heavy (non-hydrogen) atoms. The zero-order chi connectivity index (χ0) is 21.7. The second-order valence-electron chi connectivity index (χ2n) is 7.69. The summed E-state index contributed by atoms with van der Waals surface area (Å²) in [5.74, 6) is -0.881. The topological polar surface area (TPSA) is 106 Å². The standard InChI is InChI=1S/C21H32FN3O5/c1-3-30-20(27)19(23)15-5-4-6-18(26)21(15,25-9-11-29-12-10-25)24-14-7-8-17(28-2)16(22)13-14/h7-8,13,15,19-20,24,27H,3-6,9-12,23H2,1-2H3. The molecule has 1 saturated carbocycles. The van der Waals surface area contributed by atoms with Crippen LogP contribution in [-0.4, -0.2) is 73.8 Å². The predicted octanol–water partition coefficient (Wildman–Crippen LogP) is 1.33. The van der Waals surface area contributed by atoms with E-state index < -0.39 is 29.7 Å². The Kier molecular flexibility index (Phi) is 7.65. The Morgan fingerprint density at radius 3 is 2.80 bits per heavy atom. The smallest absolute Gasteiger partial charge is 0.173 e. The van der Waals surface area contributed by atoms with Crippen LogP contribution in [0.15, 0.2) is 18.2 Å². The summed E-state index contributed by atoms with van der Waals surface area (Å²) in [7, 11) is 1.40. The quantitative estimate of drug-likeness (QED) is 0.536. The van der Waals surface area contributed by atoms with Gasteiger partial charge in [-0.15, -0.1) is 0 Å². The van der Waals surface area contributed by atoms with Crippen LogP contribution in [0.3, 0.4) is 0 Å². The third kappa shape index (κ3) is 4.45. The van der Waals surface area contributed by atoms with E-state index in [9.17, 15) is 14.3 Å². The number of carbonyl (C=O) groups excluding carboxylic acids is 1. The minimum absolute atomic E-state index is 0.0315. The average molecular weight is 426 g/mol. The van der Waals surface area contributed by atoms with Crippen molar-refractivity contribution >= 4 is 11.5 Å². The molecule has 0 radical (unpaired) electrons. The van der Waals surface area contributed by atoms with Gasteiger partial charge < -0.3 is 30.4 Å².